The monoisotopic (exact) mass is 305 g/mol. The Bertz CT molecular complexity index is 805. The van der Waals surface area contributed by atoms with Crippen molar-refractivity contribution in [3.05, 3.63) is 83.4 Å². The summed E-state index contributed by atoms with van der Waals surface area (Å²) in [7, 11) is 0. The van der Waals surface area contributed by atoms with Crippen LogP contribution >= 0.6 is 0 Å². The van der Waals surface area contributed by atoms with Gasteiger partial charge in [0.05, 0.1) is 6.33 Å². The smallest absolute Gasteiger partial charge is 0.255 e. The second-order valence-corrected chi connectivity index (χ2v) is 5.70. The summed E-state index contributed by atoms with van der Waals surface area (Å²) in [6.45, 7) is 4.79. The van der Waals surface area contributed by atoms with Crippen molar-refractivity contribution in [3.8, 4) is 0 Å². The summed E-state index contributed by atoms with van der Waals surface area (Å²) < 4.78 is 1.99. The van der Waals surface area contributed by atoms with Crippen LogP contribution in [0.5, 0.6) is 0 Å². The molecule has 4 heteroatoms. The number of aromatic nitrogens is 2. The van der Waals surface area contributed by atoms with E-state index in [9.17, 15) is 4.79 Å². The molecule has 0 fully saturated rings. The number of carbonyl (C=O) groups is 1. The molecule has 0 saturated carbocycles. The van der Waals surface area contributed by atoms with Gasteiger partial charge in [-0.25, -0.2) is 4.98 Å². The Labute approximate surface area is 135 Å². The largest absolute Gasteiger partial charge is 0.333 e. The van der Waals surface area contributed by atoms with Gasteiger partial charge < -0.3 is 9.88 Å². The van der Waals surface area contributed by atoms with Gasteiger partial charge in [-0.2, -0.15) is 0 Å². The number of imidazole rings is 1. The van der Waals surface area contributed by atoms with Gasteiger partial charge in [0.15, 0.2) is 0 Å². The Morgan fingerprint density at radius 2 is 1.91 bits per heavy atom. The SMILES string of the molecule is Cc1ccc(NC(=O)c2ccc(Cn3ccnc3)cc2)c(C)c1. The first-order chi connectivity index (χ1) is 11.1. The minimum absolute atomic E-state index is 0.0915. The van der Waals surface area contributed by atoms with Crippen molar-refractivity contribution >= 4 is 11.6 Å². The lowest BCUT2D eigenvalue weighted by Gasteiger charge is -2.10. The maximum atomic E-state index is 12.4. The maximum Gasteiger partial charge on any atom is 0.255 e. The first kappa shape index (κ1) is 15.0. The zero-order valence-corrected chi connectivity index (χ0v) is 13.3. The lowest BCUT2D eigenvalue weighted by molar-refractivity contribution is 0.102. The molecule has 1 heterocycles. The topological polar surface area (TPSA) is 46.9 Å². The number of nitrogens with zero attached hydrogens (tertiary/aromatic N) is 2. The van der Waals surface area contributed by atoms with Gasteiger partial charge in [-0.05, 0) is 43.2 Å². The van der Waals surface area contributed by atoms with Crippen molar-refractivity contribution in [2.24, 2.45) is 0 Å². The predicted molar refractivity (Wildman–Crippen MR) is 91.6 cm³/mol. The fraction of sp³-hybridized carbons (Fsp3) is 0.158. The second-order valence-electron chi connectivity index (χ2n) is 5.70. The lowest BCUT2D eigenvalue weighted by atomic mass is 10.1. The van der Waals surface area contributed by atoms with Crippen LogP contribution in [0.25, 0.3) is 0 Å². The highest BCUT2D eigenvalue weighted by Gasteiger charge is 2.08. The highest BCUT2D eigenvalue weighted by atomic mass is 16.1. The van der Waals surface area contributed by atoms with Crippen LogP contribution in [0.15, 0.2) is 61.2 Å². The number of anilines is 1. The summed E-state index contributed by atoms with van der Waals surface area (Å²) in [4.78, 5) is 16.4. The summed E-state index contributed by atoms with van der Waals surface area (Å²) in [6.07, 6.45) is 5.45. The number of benzene rings is 2. The molecule has 0 saturated heterocycles. The number of aryl methyl sites for hydroxylation is 2. The van der Waals surface area contributed by atoms with Gasteiger partial charge >= 0.3 is 0 Å². The lowest BCUT2D eigenvalue weighted by Crippen LogP contribution is -2.13. The highest BCUT2D eigenvalue weighted by molar-refractivity contribution is 6.04. The van der Waals surface area contributed by atoms with Crippen molar-refractivity contribution < 1.29 is 4.79 Å². The van der Waals surface area contributed by atoms with E-state index >= 15 is 0 Å². The average molecular weight is 305 g/mol. The normalized spacial score (nSPS) is 10.5. The van der Waals surface area contributed by atoms with Crippen LogP contribution in [0, 0.1) is 13.8 Å². The molecule has 0 unspecified atom stereocenters. The van der Waals surface area contributed by atoms with Crippen molar-refractivity contribution in [1.29, 1.82) is 0 Å². The Hall–Kier alpha value is -2.88. The molecular weight excluding hydrogens is 286 g/mol. The van der Waals surface area contributed by atoms with E-state index in [1.54, 1.807) is 12.5 Å². The average Bonchev–Trinajstić information content (AvgIpc) is 3.04. The number of nitrogens with one attached hydrogen (secondary N) is 1. The van der Waals surface area contributed by atoms with Gasteiger partial charge in [-0.1, -0.05) is 29.8 Å². The summed E-state index contributed by atoms with van der Waals surface area (Å²) in [5.74, 6) is -0.0915. The molecule has 23 heavy (non-hydrogen) atoms. The van der Waals surface area contributed by atoms with E-state index in [1.165, 1.54) is 5.56 Å². The molecule has 1 aromatic heterocycles. The Kier molecular flexibility index (Phi) is 4.24. The van der Waals surface area contributed by atoms with Crippen LogP contribution in [-0.2, 0) is 6.54 Å². The predicted octanol–water partition coefficient (Wildman–Crippen LogP) is 3.80. The number of hydrogen-bond donors (Lipinski definition) is 1. The van der Waals surface area contributed by atoms with E-state index in [0.29, 0.717) is 5.56 Å². The van der Waals surface area contributed by atoms with Crippen LogP contribution in [0.2, 0.25) is 0 Å². The third kappa shape index (κ3) is 3.66. The van der Waals surface area contributed by atoms with Crippen molar-refractivity contribution in [2.45, 2.75) is 20.4 Å². The highest BCUT2D eigenvalue weighted by Crippen LogP contribution is 2.17. The first-order valence-electron chi connectivity index (χ1n) is 7.55. The molecule has 0 aliphatic carbocycles. The quantitative estimate of drug-likeness (QED) is 0.797. The summed E-state index contributed by atoms with van der Waals surface area (Å²) >= 11 is 0. The minimum atomic E-state index is -0.0915. The standard InChI is InChI=1S/C19H19N3O/c1-14-3-8-18(15(2)11-14)21-19(23)17-6-4-16(5-7-17)12-22-10-9-20-13-22/h3-11,13H,12H2,1-2H3,(H,21,23). The fourth-order valence-electron chi connectivity index (χ4n) is 2.50. The van der Waals surface area contributed by atoms with E-state index in [-0.39, 0.29) is 5.91 Å². The molecule has 116 valence electrons. The Balaban J connectivity index is 1.70. The van der Waals surface area contributed by atoms with Crippen molar-refractivity contribution in [1.82, 2.24) is 9.55 Å². The van der Waals surface area contributed by atoms with E-state index < -0.39 is 0 Å². The first-order valence-corrected chi connectivity index (χ1v) is 7.55. The second kappa shape index (κ2) is 6.48. The van der Waals surface area contributed by atoms with Crippen LogP contribution in [0.3, 0.4) is 0 Å². The fourth-order valence-corrected chi connectivity index (χ4v) is 2.50. The molecule has 1 amide bonds. The summed E-state index contributed by atoms with van der Waals surface area (Å²) in [5, 5.41) is 2.96. The van der Waals surface area contributed by atoms with Crippen molar-refractivity contribution in [3.63, 3.8) is 0 Å². The van der Waals surface area contributed by atoms with Gasteiger partial charge in [-0.15, -0.1) is 0 Å². The molecular formula is C19H19N3O. The third-order valence-corrected chi connectivity index (χ3v) is 3.77. The van der Waals surface area contributed by atoms with E-state index in [4.69, 9.17) is 0 Å². The molecule has 2 aromatic carbocycles. The number of carbonyl (C=O) groups excluding carboxylic acids is 1. The minimum Gasteiger partial charge on any atom is -0.333 e. The summed E-state index contributed by atoms with van der Waals surface area (Å²) in [6, 6.07) is 13.6. The van der Waals surface area contributed by atoms with Crippen LogP contribution < -0.4 is 5.32 Å². The van der Waals surface area contributed by atoms with E-state index in [0.717, 1.165) is 23.4 Å². The Morgan fingerprint density at radius 3 is 2.57 bits per heavy atom. The zero-order chi connectivity index (χ0) is 16.2. The molecule has 4 nitrogen and oxygen atoms in total. The maximum absolute atomic E-state index is 12.4. The molecule has 3 rings (SSSR count). The van der Waals surface area contributed by atoms with Gasteiger partial charge in [0, 0.05) is 30.2 Å². The van der Waals surface area contributed by atoms with Gasteiger partial charge in [-0.3, -0.25) is 4.79 Å². The van der Waals surface area contributed by atoms with E-state index in [1.807, 2.05) is 61.0 Å². The van der Waals surface area contributed by atoms with Crippen LogP contribution in [-0.4, -0.2) is 15.5 Å². The molecule has 0 radical (unpaired) electrons. The number of amides is 1. The van der Waals surface area contributed by atoms with Gasteiger partial charge in [0.1, 0.15) is 0 Å². The molecule has 0 aliphatic heterocycles. The van der Waals surface area contributed by atoms with Gasteiger partial charge in [0.2, 0.25) is 0 Å². The molecule has 0 spiro atoms. The molecule has 0 atom stereocenters. The molecule has 1 N–H and O–H groups in total. The number of rotatable bonds is 4. The third-order valence-electron chi connectivity index (χ3n) is 3.77. The van der Waals surface area contributed by atoms with Crippen molar-refractivity contribution in [2.75, 3.05) is 5.32 Å². The summed E-state index contributed by atoms with van der Waals surface area (Å²) in [5.41, 5.74) is 4.88. The van der Waals surface area contributed by atoms with Crippen LogP contribution in [0.1, 0.15) is 27.0 Å². The molecule has 0 aliphatic rings. The molecule has 0 bridgehead atoms. The Morgan fingerprint density at radius 1 is 1.13 bits per heavy atom. The zero-order valence-electron chi connectivity index (χ0n) is 13.3. The van der Waals surface area contributed by atoms with Gasteiger partial charge in [0.25, 0.3) is 5.91 Å². The van der Waals surface area contributed by atoms with E-state index in [2.05, 4.69) is 16.4 Å². The molecule has 3 aromatic rings. The number of hydrogen-bond acceptors (Lipinski definition) is 2. The van der Waals surface area contributed by atoms with Crippen LogP contribution in [0.4, 0.5) is 5.69 Å².